The summed E-state index contributed by atoms with van der Waals surface area (Å²) in [5, 5.41) is 6.64. The lowest BCUT2D eigenvalue weighted by atomic mass is 10.2. The van der Waals surface area contributed by atoms with Crippen LogP contribution >= 0.6 is 0 Å². The van der Waals surface area contributed by atoms with Gasteiger partial charge in [-0.2, -0.15) is 0 Å². The van der Waals surface area contributed by atoms with Gasteiger partial charge in [0.15, 0.2) is 5.96 Å². The van der Waals surface area contributed by atoms with E-state index in [1.54, 1.807) is 7.11 Å². The third-order valence-corrected chi connectivity index (χ3v) is 4.05. The Balaban J connectivity index is 1.67. The van der Waals surface area contributed by atoms with E-state index in [9.17, 15) is 0 Å². The molecule has 0 amide bonds. The summed E-state index contributed by atoms with van der Waals surface area (Å²) in [5.41, 5.74) is 1.15. The Morgan fingerprint density at radius 1 is 1.12 bits per heavy atom. The van der Waals surface area contributed by atoms with Crippen LogP contribution in [0.1, 0.15) is 31.7 Å². The van der Waals surface area contributed by atoms with Crippen molar-refractivity contribution >= 4 is 5.96 Å². The largest absolute Gasteiger partial charge is 0.491 e. The fourth-order valence-corrected chi connectivity index (χ4v) is 2.36. The first-order valence-corrected chi connectivity index (χ1v) is 9.62. The minimum Gasteiger partial charge on any atom is -0.491 e. The molecule has 1 saturated carbocycles. The van der Waals surface area contributed by atoms with Crippen molar-refractivity contribution in [1.82, 2.24) is 10.6 Å². The summed E-state index contributed by atoms with van der Waals surface area (Å²) < 4.78 is 16.2. The molecule has 2 rings (SSSR count). The molecule has 0 aromatic heterocycles. The lowest BCUT2D eigenvalue weighted by molar-refractivity contribution is 0.123. The van der Waals surface area contributed by atoms with Crippen LogP contribution in [-0.2, 0) is 16.0 Å². The molecule has 0 spiro atoms. The second-order valence-electron chi connectivity index (χ2n) is 6.48. The topological polar surface area (TPSA) is 64.1 Å². The van der Waals surface area contributed by atoms with E-state index >= 15 is 0 Å². The molecule has 0 aliphatic heterocycles. The van der Waals surface area contributed by atoms with Crippen molar-refractivity contribution < 1.29 is 14.2 Å². The summed E-state index contributed by atoms with van der Waals surface area (Å²) in [6.07, 6.45) is 3.68. The predicted molar refractivity (Wildman–Crippen MR) is 105 cm³/mol. The van der Waals surface area contributed by atoms with Gasteiger partial charge in [-0.15, -0.1) is 0 Å². The van der Waals surface area contributed by atoms with Crippen molar-refractivity contribution in [2.75, 3.05) is 46.6 Å². The molecule has 0 bridgehead atoms. The predicted octanol–water partition coefficient (Wildman–Crippen LogP) is 2.58. The lowest BCUT2D eigenvalue weighted by Crippen LogP contribution is -2.38. The van der Waals surface area contributed by atoms with Gasteiger partial charge in [-0.1, -0.05) is 12.1 Å². The van der Waals surface area contributed by atoms with Crippen molar-refractivity contribution in [2.45, 2.75) is 32.7 Å². The van der Waals surface area contributed by atoms with Crippen molar-refractivity contribution in [2.24, 2.45) is 10.9 Å². The molecule has 0 saturated heterocycles. The van der Waals surface area contributed by atoms with E-state index in [-0.39, 0.29) is 0 Å². The summed E-state index contributed by atoms with van der Waals surface area (Å²) in [7, 11) is 1.67. The van der Waals surface area contributed by atoms with Crippen molar-refractivity contribution in [1.29, 1.82) is 0 Å². The molecular formula is C20H33N3O3. The van der Waals surface area contributed by atoms with Crippen LogP contribution in [0.25, 0.3) is 0 Å². The standard InChI is InChI=1S/C20H33N3O3/c1-3-21-20(22-11-4-12-25-16-18-5-6-18)23-15-17-7-9-19(10-8-17)26-14-13-24-2/h7-10,18H,3-6,11-16H2,1-2H3,(H2,21,22,23). The molecule has 0 unspecified atom stereocenters. The van der Waals surface area contributed by atoms with Crippen LogP contribution in [0.4, 0.5) is 0 Å². The van der Waals surface area contributed by atoms with Crippen molar-refractivity contribution in [3.05, 3.63) is 29.8 Å². The van der Waals surface area contributed by atoms with Gasteiger partial charge in [0.05, 0.1) is 13.2 Å². The Kier molecular flexibility index (Phi) is 9.90. The molecule has 6 heteroatoms. The highest BCUT2D eigenvalue weighted by molar-refractivity contribution is 5.79. The Labute approximate surface area is 157 Å². The summed E-state index contributed by atoms with van der Waals surface area (Å²) >= 11 is 0. The third kappa shape index (κ3) is 9.06. The maximum absolute atomic E-state index is 5.65. The maximum atomic E-state index is 5.65. The normalized spacial score (nSPS) is 14.3. The number of guanidine groups is 1. The monoisotopic (exact) mass is 363 g/mol. The van der Waals surface area contributed by atoms with E-state index in [0.717, 1.165) is 55.9 Å². The minimum absolute atomic E-state index is 0.562. The van der Waals surface area contributed by atoms with E-state index in [1.165, 1.54) is 12.8 Å². The minimum atomic E-state index is 0.562. The second-order valence-corrected chi connectivity index (χ2v) is 6.48. The lowest BCUT2D eigenvalue weighted by Gasteiger charge is -2.11. The van der Waals surface area contributed by atoms with Crippen LogP contribution < -0.4 is 15.4 Å². The van der Waals surface area contributed by atoms with Gasteiger partial charge in [-0.3, -0.25) is 0 Å². The first-order valence-electron chi connectivity index (χ1n) is 9.62. The molecule has 1 aliphatic carbocycles. The van der Waals surface area contributed by atoms with Gasteiger partial charge in [0.1, 0.15) is 12.4 Å². The molecule has 0 atom stereocenters. The fourth-order valence-electron chi connectivity index (χ4n) is 2.36. The zero-order valence-electron chi connectivity index (χ0n) is 16.1. The highest BCUT2D eigenvalue weighted by Crippen LogP contribution is 2.28. The van der Waals surface area contributed by atoms with Crippen LogP contribution in [0.3, 0.4) is 0 Å². The Bertz CT molecular complexity index is 516. The van der Waals surface area contributed by atoms with Crippen LogP contribution in [0, 0.1) is 5.92 Å². The smallest absolute Gasteiger partial charge is 0.191 e. The summed E-state index contributed by atoms with van der Waals surface area (Å²) in [5.74, 6) is 2.53. The molecule has 26 heavy (non-hydrogen) atoms. The molecule has 1 fully saturated rings. The number of benzene rings is 1. The Morgan fingerprint density at radius 3 is 2.62 bits per heavy atom. The molecular weight excluding hydrogens is 330 g/mol. The maximum Gasteiger partial charge on any atom is 0.191 e. The molecule has 0 heterocycles. The molecule has 2 N–H and O–H groups in total. The average molecular weight is 364 g/mol. The zero-order valence-corrected chi connectivity index (χ0v) is 16.1. The second kappa shape index (κ2) is 12.5. The molecule has 1 aromatic carbocycles. The highest BCUT2D eigenvalue weighted by Gasteiger charge is 2.20. The van der Waals surface area contributed by atoms with Gasteiger partial charge >= 0.3 is 0 Å². The molecule has 6 nitrogen and oxygen atoms in total. The number of methoxy groups -OCH3 is 1. The van der Waals surface area contributed by atoms with Crippen molar-refractivity contribution in [3.63, 3.8) is 0 Å². The van der Waals surface area contributed by atoms with Gasteiger partial charge in [-0.25, -0.2) is 4.99 Å². The van der Waals surface area contributed by atoms with Crippen molar-refractivity contribution in [3.8, 4) is 5.75 Å². The number of nitrogens with zero attached hydrogens (tertiary/aromatic N) is 1. The number of aliphatic imine (C=N–C) groups is 1. The molecule has 146 valence electrons. The number of ether oxygens (including phenoxy) is 3. The van der Waals surface area contributed by atoms with Gasteiger partial charge in [-0.05, 0) is 49.8 Å². The number of hydrogen-bond acceptors (Lipinski definition) is 4. The van der Waals surface area contributed by atoms with Gasteiger partial charge in [0, 0.05) is 33.4 Å². The van der Waals surface area contributed by atoms with E-state index in [4.69, 9.17) is 14.2 Å². The van der Waals surface area contributed by atoms with Crippen LogP contribution in [-0.4, -0.2) is 52.6 Å². The van der Waals surface area contributed by atoms with E-state index < -0.39 is 0 Å². The SMILES string of the molecule is CCNC(=NCc1ccc(OCCOC)cc1)NCCCOCC1CC1. The van der Waals surface area contributed by atoms with Gasteiger partial charge in [0.2, 0.25) is 0 Å². The van der Waals surface area contributed by atoms with Crippen LogP contribution in [0.2, 0.25) is 0 Å². The quantitative estimate of drug-likeness (QED) is 0.320. The average Bonchev–Trinajstić information content (AvgIpc) is 3.48. The van der Waals surface area contributed by atoms with Crippen LogP contribution in [0.15, 0.2) is 29.3 Å². The summed E-state index contributed by atoms with van der Waals surface area (Å²) in [6, 6.07) is 8.03. The molecule has 0 radical (unpaired) electrons. The number of nitrogens with one attached hydrogen (secondary N) is 2. The highest BCUT2D eigenvalue weighted by atomic mass is 16.5. The van der Waals surface area contributed by atoms with E-state index in [1.807, 2.05) is 24.3 Å². The van der Waals surface area contributed by atoms with Gasteiger partial charge in [0.25, 0.3) is 0 Å². The summed E-state index contributed by atoms with van der Waals surface area (Å²) in [6.45, 7) is 7.31. The Morgan fingerprint density at radius 2 is 1.92 bits per heavy atom. The van der Waals surface area contributed by atoms with E-state index in [2.05, 4.69) is 22.5 Å². The number of rotatable bonds is 13. The zero-order chi connectivity index (χ0) is 18.5. The van der Waals surface area contributed by atoms with E-state index in [0.29, 0.717) is 19.8 Å². The third-order valence-electron chi connectivity index (χ3n) is 4.05. The number of hydrogen-bond donors (Lipinski definition) is 2. The Hall–Kier alpha value is -1.79. The van der Waals surface area contributed by atoms with Gasteiger partial charge < -0.3 is 24.8 Å². The first-order chi connectivity index (χ1) is 12.8. The molecule has 1 aromatic rings. The summed E-state index contributed by atoms with van der Waals surface area (Å²) in [4.78, 5) is 4.64. The first kappa shape index (κ1) is 20.5. The van der Waals surface area contributed by atoms with Crippen LogP contribution in [0.5, 0.6) is 5.75 Å². The fraction of sp³-hybridized carbons (Fsp3) is 0.650. The molecule has 1 aliphatic rings.